The molecule has 4 rings (SSSR count). The maximum Gasteiger partial charge on any atom is 0.260 e. The van der Waals surface area contributed by atoms with Crippen molar-refractivity contribution in [2.75, 3.05) is 39.0 Å². The molecule has 2 fully saturated rings. The molecule has 2 aliphatic rings. The van der Waals surface area contributed by atoms with Crippen molar-refractivity contribution in [3.8, 4) is 0 Å². The van der Waals surface area contributed by atoms with Gasteiger partial charge in [-0.15, -0.1) is 0 Å². The van der Waals surface area contributed by atoms with Crippen molar-refractivity contribution in [3.63, 3.8) is 0 Å². The van der Waals surface area contributed by atoms with Crippen molar-refractivity contribution in [2.45, 2.75) is 57.8 Å². The van der Waals surface area contributed by atoms with Gasteiger partial charge in [0.05, 0.1) is 10.6 Å². The van der Waals surface area contributed by atoms with Gasteiger partial charge in [-0.3, -0.25) is 9.59 Å². The molecule has 1 heterocycles. The monoisotopic (exact) mass is 545 g/mol. The highest BCUT2D eigenvalue weighted by atomic mass is 35.5. The lowest BCUT2D eigenvalue weighted by molar-refractivity contribution is -0.145. The molecule has 1 saturated heterocycles. The van der Waals surface area contributed by atoms with E-state index in [9.17, 15) is 18.4 Å². The number of hydrogen-bond donors (Lipinski definition) is 1. The van der Waals surface area contributed by atoms with E-state index in [4.69, 9.17) is 11.6 Å². The summed E-state index contributed by atoms with van der Waals surface area (Å²) in [6, 6.07) is 12.3. The van der Waals surface area contributed by atoms with E-state index in [0.717, 1.165) is 56.8 Å². The summed E-state index contributed by atoms with van der Waals surface area (Å²) in [5, 5.41) is 3.84. The average Bonchev–Trinajstić information content (AvgIpc) is 2.82. The van der Waals surface area contributed by atoms with Gasteiger partial charge in [-0.05, 0) is 74.1 Å². The summed E-state index contributed by atoms with van der Waals surface area (Å²) in [6.45, 7) is 4.59. The predicted octanol–water partition coefficient (Wildman–Crippen LogP) is 6.61. The molecular weight excluding hydrogens is 508 g/mol. The van der Waals surface area contributed by atoms with E-state index in [1.165, 1.54) is 4.90 Å². The summed E-state index contributed by atoms with van der Waals surface area (Å²) in [6.07, 6.45) is 4.99. The smallest absolute Gasteiger partial charge is 0.260 e. The van der Waals surface area contributed by atoms with E-state index >= 15 is 0 Å². The predicted molar refractivity (Wildman–Crippen MR) is 148 cm³/mol. The van der Waals surface area contributed by atoms with E-state index in [-0.39, 0.29) is 11.3 Å². The molecule has 206 valence electrons. The van der Waals surface area contributed by atoms with Gasteiger partial charge in [0.2, 0.25) is 5.91 Å². The molecule has 5 nitrogen and oxygen atoms in total. The van der Waals surface area contributed by atoms with Crippen molar-refractivity contribution in [1.29, 1.82) is 0 Å². The van der Waals surface area contributed by atoms with Crippen molar-refractivity contribution in [1.82, 2.24) is 9.80 Å². The molecule has 0 bridgehead atoms. The van der Waals surface area contributed by atoms with Gasteiger partial charge in [0.1, 0.15) is 5.92 Å². The summed E-state index contributed by atoms with van der Waals surface area (Å²) in [4.78, 5) is 28.5. The van der Waals surface area contributed by atoms with Crippen molar-refractivity contribution in [3.05, 3.63) is 64.2 Å². The number of rotatable bonds is 8. The van der Waals surface area contributed by atoms with Crippen LogP contribution in [0.2, 0.25) is 5.02 Å². The molecule has 2 aromatic carbocycles. The van der Waals surface area contributed by atoms with Crippen LogP contribution in [0.3, 0.4) is 0 Å². The first-order chi connectivity index (χ1) is 17.9. The lowest BCUT2D eigenvalue weighted by atomic mass is 9.57. The van der Waals surface area contributed by atoms with Crippen LogP contribution >= 0.6 is 11.6 Å². The fourth-order valence-electron chi connectivity index (χ4n) is 6.12. The van der Waals surface area contributed by atoms with Crippen LogP contribution in [0.25, 0.3) is 0 Å². The summed E-state index contributed by atoms with van der Waals surface area (Å²) in [7, 11) is 3.40. The van der Waals surface area contributed by atoms with Crippen LogP contribution in [0.1, 0.15) is 66.4 Å². The fraction of sp³-hybridized carbons (Fsp3) is 0.533. The Morgan fingerprint density at radius 1 is 1.16 bits per heavy atom. The third kappa shape index (κ3) is 6.31. The van der Waals surface area contributed by atoms with Crippen LogP contribution in [-0.4, -0.2) is 61.3 Å². The largest absolute Gasteiger partial charge is 0.385 e. The lowest BCUT2D eigenvalue weighted by Gasteiger charge is -2.53. The molecular formula is C30H38ClF2N3O2. The number of nitrogens with one attached hydrogen (secondary N) is 1. The summed E-state index contributed by atoms with van der Waals surface area (Å²) in [5.74, 6) is -4.55. The first-order valence-corrected chi connectivity index (χ1v) is 13.7. The second-order valence-corrected chi connectivity index (χ2v) is 11.9. The first kappa shape index (κ1) is 28.3. The molecule has 1 N–H and O–H groups in total. The Labute approximate surface area is 229 Å². The summed E-state index contributed by atoms with van der Waals surface area (Å²) < 4.78 is 29.1. The normalized spacial score (nSPS) is 18.1. The van der Waals surface area contributed by atoms with Crippen LogP contribution in [0, 0.1) is 18.3 Å². The SMILES string of the molecule is Cc1cccc(C(C(=O)N2CCC3(CC2)CC(CCNc2ccc(C(=O)N(C)C)c(Cl)c2)C3)C(C)(F)F)c1. The van der Waals surface area contributed by atoms with Gasteiger partial charge < -0.3 is 15.1 Å². The summed E-state index contributed by atoms with van der Waals surface area (Å²) >= 11 is 6.31. The minimum Gasteiger partial charge on any atom is -0.385 e. The van der Waals surface area contributed by atoms with Crippen molar-refractivity contribution < 1.29 is 18.4 Å². The number of amides is 2. The molecule has 1 saturated carbocycles. The zero-order valence-electron chi connectivity index (χ0n) is 22.7. The highest BCUT2D eigenvalue weighted by molar-refractivity contribution is 6.34. The minimum atomic E-state index is -3.12. The van der Waals surface area contributed by atoms with Gasteiger partial charge in [-0.1, -0.05) is 41.4 Å². The van der Waals surface area contributed by atoms with E-state index in [2.05, 4.69) is 5.32 Å². The van der Waals surface area contributed by atoms with E-state index in [0.29, 0.717) is 35.2 Å². The molecule has 1 spiro atoms. The van der Waals surface area contributed by atoms with Gasteiger partial charge >= 0.3 is 0 Å². The highest BCUT2D eigenvalue weighted by Crippen LogP contribution is 2.54. The topological polar surface area (TPSA) is 52.7 Å². The number of likely N-dealkylation sites (tertiary alicyclic amines) is 1. The Bertz CT molecular complexity index is 1160. The van der Waals surface area contributed by atoms with Gasteiger partial charge in [-0.25, -0.2) is 8.78 Å². The minimum absolute atomic E-state index is 0.122. The van der Waals surface area contributed by atoms with E-state index in [1.54, 1.807) is 49.3 Å². The van der Waals surface area contributed by atoms with Crippen molar-refractivity contribution in [2.24, 2.45) is 11.3 Å². The molecule has 38 heavy (non-hydrogen) atoms. The molecule has 0 radical (unpaired) electrons. The van der Waals surface area contributed by atoms with Gasteiger partial charge in [0.15, 0.2) is 0 Å². The molecule has 0 aromatic heterocycles. The Kier molecular flexibility index (Phi) is 8.36. The zero-order chi connectivity index (χ0) is 27.7. The second-order valence-electron chi connectivity index (χ2n) is 11.5. The molecule has 1 atom stereocenters. The standard InChI is InChI=1S/C30H38ClF2N3O2/c1-20-6-5-7-22(16-20)26(29(2,32)33)28(38)36-14-11-30(12-15-36)18-21(19-30)10-13-34-23-8-9-24(25(31)17-23)27(37)35(3)4/h5-9,16-17,21,26,34H,10-15,18-19H2,1-4H3. The van der Waals surface area contributed by atoms with Gasteiger partial charge in [0.25, 0.3) is 11.8 Å². The number of piperidine rings is 1. The number of benzene rings is 2. The molecule has 1 aliphatic carbocycles. The first-order valence-electron chi connectivity index (χ1n) is 13.4. The van der Waals surface area contributed by atoms with Gasteiger partial charge in [-0.2, -0.15) is 0 Å². The molecule has 1 unspecified atom stereocenters. The van der Waals surface area contributed by atoms with Crippen LogP contribution in [0.4, 0.5) is 14.5 Å². The van der Waals surface area contributed by atoms with Crippen LogP contribution in [0.15, 0.2) is 42.5 Å². The third-order valence-electron chi connectivity index (χ3n) is 8.20. The number of nitrogens with zero attached hydrogens (tertiary/aromatic N) is 2. The maximum atomic E-state index is 14.6. The van der Waals surface area contributed by atoms with E-state index < -0.39 is 17.7 Å². The number of carbonyl (C=O) groups excluding carboxylic acids is 2. The summed E-state index contributed by atoms with van der Waals surface area (Å²) in [5.41, 5.74) is 2.87. The highest BCUT2D eigenvalue weighted by Gasteiger charge is 2.48. The molecule has 8 heteroatoms. The Hall–Kier alpha value is -2.67. The second kappa shape index (κ2) is 11.2. The third-order valence-corrected chi connectivity index (χ3v) is 8.51. The molecule has 2 aromatic rings. The number of aryl methyl sites for hydroxylation is 1. The number of carbonyl (C=O) groups is 2. The van der Waals surface area contributed by atoms with Gasteiger partial charge in [0, 0.05) is 46.3 Å². The molecule has 2 amide bonds. The zero-order valence-corrected chi connectivity index (χ0v) is 23.5. The Morgan fingerprint density at radius 3 is 2.42 bits per heavy atom. The number of anilines is 1. The maximum absolute atomic E-state index is 14.6. The Morgan fingerprint density at radius 2 is 1.84 bits per heavy atom. The Balaban J connectivity index is 1.25. The van der Waals surface area contributed by atoms with Crippen LogP contribution < -0.4 is 5.32 Å². The quantitative estimate of drug-likeness (QED) is 0.406. The lowest BCUT2D eigenvalue weighted by Crippen LogP contribution is -2.51. The van der Waals surface area contributed by atoms with Crippen molar-refractivity contribution >= 4 is 29.1 Å². The van der Waals surface area contributed by atoms with E-state index in [1.807, 2.05) is 19.1 Å². The van der Waals surface area contributed by atoms with Crippen LogP contribution in [-0.2, 0) is 4.79 Å². The number of halogens is 3. The average molecular weight is 546 g/mol. The molecule has 1 aliphatic heterocycles. The fourth-order valence-corrected chi connectivity index (χ4v) is 6.38. The number of hydrogen-bond acceptors (Lipinski definition) is 3. The van der Waals surface area contributed by atoms with Crippen LogP contribution in [0.5, 0.6) is 0 Å². The number of alkyl halides is 2.